The molecule has 10 nitrogen and oxygen atoms in total. The molecule has 3 heterocycles. The molecule has 0 radical (unpaired) electrons. The number of aryl methyl sites for hydroxylation is 1. The van der Waals surface area contributed by atoms with E-state index in [0.717, 1.165) is 27.0 Å². The van der Waals surface area contributed by atoms with Crippen molar-refractivity contribution in [2.24, 2.45) is 7.05 Å². The van der Waals surface area contributed by atoms with Gasteiger partial charge in [0, 0.05) is 67.8 Å². The van der Waals surface area contributed by atoms with Crippen molar-refractivity contribution in [3.63, 3.8) is 0 Å². The molecule has 0 unspecified atom stereocenters. The topological polar surface area (TPSA) is 91.6 Å². The second kappa shape index (κ2) is 12.7. The lowest BCUT2D eigenvalue weighted by Crippen LogP contribution is -2.30. The van der Waals surface area contributed by atoms with E-state index in [1.165, 1.54) is 12.3 Å². The number of para-hydroxylation sites is 1. The first-order valence-corrected chi connectivity index (χ1v) is 13.1. The first kappa shape index (κ1) is 30.6. The van der Waals surface area contributed by atoms with Gasteiger partial charge < -0.3 is 24.4 Å². The molecule has 0 saturated carbocycles. The van der Waals surface area contributed by atoms with E-state index >= 15 is 0 Å². The molecule has 1 N–H and O–H groups in total. The summed E-state index contributed by atoms with van der Waals surface area (Å²) in [5.74, 6) is -0.854. The standard InChI is InChI=1S/C28H30ClF3N8O2/c1-6-24(41)34-21-15-23(26(42-17-28(30,31)32)36-25(21)38(4)14-13-37(2)3)40(29)27-33-12-11-20(35-27)19-16-39(5)22-10-8-7-9-18(19)22/h6-12,15-16H,1,13-14,17H2,2-5H3,(H,34,41). The Labute approximate surface area is 246 Å². The van der Waals surface area contributed by atoms with Crippen LogP contribution in [0.15, 0.2) is 61.4 Å². The lowest BCUT2D eigenvalue weighted by Gasteiger charge is -2.26. The van der Waals surface area contributed by atoms with Crippen LogP contribution < -0.4 is 19.4 Å². The monoisotopic (exact) mass is 602 g/mol. The third-order valence-corrected chi connectivity index (χ3v) is 6.54. The van der Waals surface area contributed by atoms with Gasteiger partial charge >= 0.3 is 6.18 Å². The van der Waals surface area contributed by atoms with Crippen LogP contribution in [0.2, 0.25) is 0 Å². The van der Waals surface area contributed by atoms with Crippen molar-refractivity contribution < 1.29 is 22.7 Å². The van der Waals surface area contributed by atoms with Crippen LogP contribution in [-0.4, -0.2) is 77.3 Å². The van der Waals surface area contributed by atoms with Crippen molar-refractivity contribution in [1.82, 2.24) is 24.4 Å². The van der Waals surface area contributed by atoms with Crippen LogP contribution in [-0.2, 0) is 11.8 Å². The van der Waals surface area contributed by atoms with Gasteiger partial charge in [0.1, 0.15) is 5.69 Å². The van der Waals surface area contributed by atoms with E-state index in [1.807, 2.05) is 61.1 Å². The number of benzene rings is 1. The number of alkyl halides is 3. The average molecular weight is 603 g/mol. The number of hydrogen-bond acceptors (Lipinski definition) is 8. The third-order valence-electron chi connectivity index (χ3n) is 6.21. The van der Waals surface area contributed by atoms with Crippen molar-refractivity contribution in [2.45, 2.75) is 6.18 Å². The first-order valence-electron chi connectivity index (χ1n) is 12.7. The number of hydrogen-bond donors (Lipinski definition) is 1. The van der Waals surface area contributed by atoms with Crippen molar-refractivity contribution in [2.75, 3.05) is 55.5 Å². The Morgan fingerprint density at radius 3 is 2.60 bits per heavy atom. The average Bonchev–Trinajstić information content (AvgIpc) is 3.30. The summed E-state index contributed by atoms with van der Waals surface area (Å²) in [6.45, 7) is 2.90. The van der Waals surface area contributed by atoms with Gasteiger partial charge in [-0.25, -0.2) is 14.4 Å². The number of likely N-dealkylation sites (N-methyl/N-ethyl adjacent to an activating group) is 2. The van der Waals surface area contributed by atoms with Crippen molar-refractivity contribution in [3.8, 4) is 17.1 Å². The van der Waals surface area contributed by atoms with Crippen molar-refractivity contribution in [3.05, 3.63) is 61.4 Å². The molecule has 4 aromatic rings. The summed E-state index contributed by atoms with van der Waals surface area (Å²) in [6.07, 6.45) is -0.182. The predicted octanol–water partition coefficient (Wildman–Crippen LogP) is 5.39. The number of anilines is 4. The maximum absolute atomic E-state index is 13.2. The molecule has 0 saturated heterocycles. The van der Waals surface area contributed by atoms with Gasteiger partial charge in [0.25, 0.3) is 0 Å². The summed E-state index contributed by atoms with van der Waals surface area (Å²) in [5, 5.41) is 3.60. The largest absolute Gasteiger partial charge is 0.466 e. The van der Waals surface area contributed by atoms with E-state index in [9.17, 15) is 18.0 Å². The highest BCUT2D eigenvalue weighted by atomic mass is 35.5. The maximum Gasteiger partial charge on any atom is 0.422 e. The summed E-state index contributed by atoms with van der Waals surface area (Å²) >= 11 is 6.70. The highest BCUT2D eigenvalue weighted by molar-refractivity contribution is 6.29. The van der Waals surface area contributed by atoms with Gasteiger partial charge in [-0.05, 0) is 38.4 Å². The summed E-state index contributed by atoms with van der Waals surface area (Å²) in [6, 6.07) is 10.8. The minimum atomic E-state index is -4.65. The highest BCUT2D eigenvalue weighted by Gasteiger charge is 2.31. The molecule has 0 aliphatic rings. The lowest BCUT2D eigenvalue weighted by atomic mass is 10.1. The number of halogens is 4. The first-order chi connectivity index (χ1) is 19.9. The van der Waals surface area contributed by atoms with E-state index in [-0.39, 0.29) is 23.1 Å². The van der Waals surface area contributed by atoms with Gasteiger partial charge in [-0.15, -0.1) is 0 Å². The number of carbonyl (C=O) groups excluding carboxylic acids is 1. The number of fused-ring (bicyclic) bond motifs is 1. The Kier molecular flexibility index (Phi) is 9.22. The van der Waals surface area contributed by atoms with E-state index in [0.29, 0.717) is 18.8 Å². The molecule has 42 heavy (non-hydrogen) atoms. The smallest absolute Gasteiger partial charge is 0.422 e. The Balaban J connectivity index is 1.82. The molecule has 222 valence electrons. The number of nitrogens with zero attached hydrogens (tertiary/aromatic N) is 7. The number of aromatic nitrogens is 4. The Morgan fingerprint density at radius 2 is 1.90 bits per heavy atom. The van der Waals surface area contributed by atoms with Crippen LogP contribution in [0.1, 0.15) is 0 Å². The Morgan fingerprint density at radius 1 is 1.17 bits per heavy atom. The van der Waals surface area contributed by atoms with Crippen LogP contribution in [0.25, 0.3) is 22.2 Å². The van der Waals surface area contributed by atoms with Gasteiger partial charge in [-0.3, -0.25) is 4.79 Å². The molecular weight excluding hydrogens is 573 g/mol. The van der Waals surface area contributed by atoms with Crippen LogP contribution in [0.4, 0.5) is 36.3 Å². The molecular formula is C28H30ClF3N8O2. The molecule has 0 aliphatic heterocycles. The third kappa shape index (κ3) is 7.09. The molecule has 0 spiro atoms. The molecule has 0 fully saturated rings. The molecule has 14 heteroatoms. The zero-order valence-electron chi connectivity index (χ0n) is 23.5. The fraction of sp³-hybridized carbons (Fsp3) is 0.286. The number of rotatable bonds is 11. The van der Waals surface area contributed by atoms with Crippen molar-refractivity contribution >= 4 is 51.7 Å². The Bertz CT molecular complexity index is 1590. The zero-order chi connectivity index (χ0) is 30.6. The van der Waals surface area contributed by atoms with E-state index in [4.69, 9.17) is 16.5 Å². The summed E-state index contributed by atoms with van der Waals surface area (Å²) < 4.78 is 47.7. The van der Waals surface area contributed by atoms with Gasteiger partial charge in [-0.1, -0.05) is 24.8 Å². The molecule has 0 bridgehead atoms. The van der Waals surface area contributed by atoms with Gasteiger partial charge in [0.15, 0.2) is 12.4 Å². The van der Waals surface area contributed by atoms with Crippen LogP contribution >= 0.6 is 11.8 Å². The van der Waals surface area contributed by atoms with Gasteiger partial charge in [0.2, 0.25) is 17.7 Å². The molecule has 4 rings (SSSR count). The summed E-state index contributed by atoms with van der Waals surface area (Å²) in [5.41, 5.74) is 2.39. The SMILES string of the molecule is C=CC(=O)Nc1cc(N(Cl)c2nccc(-c3cn(C)c4ccccc34)n2)c(OCC(F)(F)F)nc1N(C)CCN(C)C. The second-order valence-corrected chi connectivity index (χ2v) is 10.0. The van der Waals surface area contributed by atoms with Crippen LogP contribution in [0.5, 0.6) is 5.88 Å². The van der Waals surface area contributed by atoms with Crippen LogP contribution in [0.3, 0.4) is 0 Å². The molecule has 3 aromatic heterocycles. The number of carbonyl (C=O) groups is 1. The molecule has 0 aliphatic carbocycles. The minimum Gasteiger partial charge on any atom is -0.466 e. The van der Waals surface area contributed by atoms with Gasteiger partial charge in [0.05, 0.1) is 11.4 Å². The number of amides is 1. The molecule has 1 amide bonds. The van der Waals surface area contributed by atoms with Crippen LogP contribution in [0, 0.1) is 0 Å². The normalized spacial score (nSPS) is 11.5. The minimum absolute atomic E-state index is 0.0459. The van der Waals surface area contributed by atoms with E-state index in [2.05, 4.69) is 26.8 Å². The summed E-state index contributed by atoms with van der Waals surface area (Å²) in [7, 11) is 7.35. The van der Waals surface area contributed by atoms with E-state index < -0.39 is 24.6 Å². The quantitative estimate of drug-likeness (QED) is 0.181. The second-order valence-electron chi connectivity index (χ2n) is 9.70. The van der Waals surface area contributed by atoms with Crippen molar-refractivity contribution in [1.29, 1.82) is 0 Å². The number of nitrogens with one attached hydrogen (secondary N) is 1. The predicted molar refractivity (Wildman–Crippen MR) is 158 cm³/mol. The molecule has 0 atom stereocenters. The summed E-state index contributed by atoms with van der Waals surface area (Å²) in [4.78, 5) is 29.1. The number of pyridine rings is 1. The van der Waals surface area contributed by atoms with Gasteiger partial charge in [-0.2, -0.15) is 18.2 Å². The lowest BCUT2D eigenvalue weighted by molar-refractivity contribution is -0.153. The van der Waals surface area contributed by atoms with E-state index in [1.54, 1.807) is 18.0 Å². The zero-order valence-corrected chi connectivity index (χ0v) is 24.2. The highest BCUT2D eigenvalue weighted by Crippen LogP contribution is 2.40. The number of ether oxygens (including phenoxy) is 1. The fourth-order valence-corrected chi connectivity index (χ4v) is 4.35. The maximum atomic E-state index is 13.2. The molecule has 1 aromatic carbocycles. The fourth-order valence-electron chi connectivity index (χ4n) is 4.14. The Hall–Kier alpha value is -4.36.